The molecule has 0 bridgehead atoms. The van der Waals surface area contributed by atoms with Gasteiger partial charge in [0, 0.05) is 7.05 Å². The molecular formula is C34H34NOPS. The third-order valence-electron chi connectivity index (χ3n) is 6.74. The van der Waals surface area contributed by atoms with Crippen molar-refractivity contribution in [2.45, 2.75) is 31.6 Å². The van der Waals surface area contributed by atoms with Crippen LogP contribution in [0.2, 0.25) is 0 Å². The molecule has 0 aliphatic rings. The highest BCUT2D eigenvalue weighted by molar-refractivity contribution is 7.84. The second kappa shape index (κ2) is 11.3. The van der Waals surface area contributed by atoms with Crippen LogP contribution in [0.15, 0.2) is 127 Å². The van der Waals surface area contributed by atoms with E-state index in [0.717, 1.165) is 5.56 Å². The third kappa shape index (κ3) is 5.52. The van der Waals surface area contributed by atoms with Gasteiger partial charge in [-0.05, 0) is 72.6 Å². The van der Waals surface area contributed by atoms with Gasteiger partial charge in [-0.1, -0.05) is 121 Å². The van der Waals surface area contributed by atoms with E-state index in [1.807, 2.05) is 27.8 Å². The Balaban J connectivity index is 1.75. The lowest BCUT2D eigenvalue weighted by Crippen LogP contribution is -2.39. The quantitative estimate of drug-likeness (QED) is 0.204. The first-order valence-corrected chi connectivity index (χ1v) is 15.4. The van der Waals surface area contributed by atoms with Crippen LogP contribution in [0.1, 0.15) is 37.9 Å². The van der Waals surface area contributed by atoms with Gasteiger partial charge in [0.05, 0.1) is 10.8 Å². The molecule has 0 aliphatic carbocycles. The molecule has 192 valence electrons. The predicted octanol–water partition coefficient (Wildman–Crippen LogP) is 7.08. The molecule has 0 N–H and O–H groups in total. The van der Waals surface area contributed by atoms with Gasteiger partial charge in [-0.3, -0.25) is 0 Å². The highest BCUT2D eigenvalue weighted by atomic mass is 32.2. The van der Waals surface area contributed by atoms with E-state index in [0.29, 0.717) is 0 Å². The van der Waals surface area contributed by atoms with E-state index >= 15 is 0 Å². The van der Waals surface area contributed by atoms with Crippen LogP contribution in [0.4, 0.5) is 0 Å². The van der Waals surface area contributed by atoms with E-state index in [9.17, 15) is 4.21 Å². The standard InChI is InChI=1S/C34H34NOPS/c1-34(2,3)38(36)35(4)33(28-24-23-26-15-11-12-16-27(26)25-28)31-21-13-14-22-32(31)37(29-17-7-5-8-18-29)30-19-9-6-10-20-30/h5-25,33H,1-4H3. The molecule has 0 aliphatic heterocycles. The topological polar surface area (TPSA) is 20.3 Å². The Morgan fingerprint density at radius 2 is 1.18 bits per heavy atom. The lowest BCUT2D eigenvalue weighted by Gasteiger charge is -2.35. The van der Waals surface area contributed by atoms with Gasteiger partial charge in [0.15, 0.2) is 0 Å². The average Bonchev–Trinajstić information content (AvgIpc) is 2.94. The smallest absolute Gasteiger partial charge is 0.100 e. The first-order chi connectivity index (χ1) is 18.3. The number of hydrogen-bond donors (Lipinski definition) is 0. The van der Waals surface area contributed by atoms with Crippen LogP contribution in [0.5, 0.6) is 0 Å². The molecule has 0 radical (unpaired) electrons. The van der Waals surface area contributed by atoms with Gasteiger partial charge in [0.1, 0.15) is 11.0 Å². The molecule has 2 atom stereocenters. The van der Waals surface area contributed by atoms with Crippen LogP contribution in [0.3, 0.4) is 0 Å². The summed E-state index contributed by atoms with van der Waals surface area (Å²) in [4.78, 5) is 0. The summed E-state index contributed by atoms with van der Waals surface area (Å²) in [6, 6.07) is 45.3. The van der Waals surface area contributed by atoms with Crippen LogP contribution >= 0.6 is 7.92 Å². The number of benzene rings is 5. The maximum Gasteiger partial charge on any atom is 0.100 e. The Morgan fingerprint density at radius 3 is 1.79 bits per heavy atom. The fraction of sp³-hybridized carbons (Fsp3) is 0.176. The Hall–Kier alpha value is -3.10. The minimum atomic E-state index is -1.22. The molecule has 0 saturated carbocycles. The van der Waals surface area contributed by atoms with E-state index in [2.05, 4.69) is 132 Å². The van der Waals surface area contributed by atoms with Crippen molar-refractivity contribution in [3.63, 3.8) is 0 Å². The summed E-state index contributed by atoms with van der Waals surface area (Å²) in [5, 5.41) is 6.29. The number of nitrogens with zero attached hydrogens (tertiary/aromatic N) is 1. The average molecular weight is 536 g/mol. The van der Waals surface area contributed by atoms with Gasteiger partial charge in [0.2, 0.25) is 0 Å². The first-order valence-electron chi connectivity index (χ1n) is 13.0. The van der Waals surface area contributed by atoms with E-state index in [-0.39, 0.29) is 10.8 Å². The maximum absolute atomic E-state index is 13.9. The van der Waals surface area contributed by atoms with Crippen LogP contribution in [-0.2, 0) is 11.0 Å². The fourth-order valence-electron chi connectivity index (χ4n) is 4.99. The molecule has 2 nitrogen and oxygen atoms in total. The zero-order chi connectivity index (χ0) is 26.7. The summed E-state index contributed by atoms with van der Waals surface area (Å²) in [6.07, 6.45) is 0. The summed E-state index contributed by atoms with van der Waals surface area (Å²) in [7, 11) is -0.0335. The second-order valence-electron chi connectivity index (χ2n) is 10.5. The molecule has 5 rings (SSSR count). The van der Waals surface area contributed by atoms with Gasteiger partial charge >= 0.3 is 0 Å². The molecular weight excluding hydrogens is 501 g/mol. The van der Waals surface area contributed by atoms with Crippen molar-refractivity contribution in [2.24, 2.45) is 0 Å². The molecule has 0 amide bonds. The van der Waals surface area contributed by atoms with Gasteiger partial charge in [0.25, 0.3) is 0 Å². The molecule has 0 heterocycles. The Bertz CT molecular complexity index is 1510. The molecule has 0 aromatic heterocycles. The number of fused-ring (bicyclic) bond motifs is 1. The summed E-state index contributed by atoms with van der Waals surface area (Å²) in [5.74, 6) is 0. The molecule has 2 unspecified atom stereocenters. The van der Waals surface area contributed by atoms with E-state index in [1.165, 1.54) is 32.2 Å². The predicted molar refractivity (Wildman–Crippen MR) is 167 cm³/mol. The molecule has 5 aromatic carbocycles. The summed E-state index contributed by atoms with van der Waals surface area (Å²) in [5.41, 5.74) is 2.34. The molecule has 38 heavy (non-hydrogen) atoms. The summed E-state index contributed by atoms with van der Waals surface area (Å²) >= 11 is 0. The fourth-order valence-corrected chi connectivity index (χ4v) is 8.77. The largest absolute Gasteiger partial charge is 0.242 e. The number of rotatable bonds is 7. The lowest BCUT2D eigenvalue weighted by atomic mass is 9.96. The van der Waals surface area contributed by atoms with Crippen molar-refractivity contribution in [1.29, 1.82) is 0 Å². The zero-order valence-electron chi connectivity index (χ0n) is 22.4. The van der Waals surface area contributed by atoms with E-state index in [1.54, 1.807) is 0 Å². The van der Waals surface area contributed by atoms with Gasteiger partial charge in [-0.25, -0.2) is 8.51 Å². The molecule has 0 spiro atoms. The second-order valence-corrected chi connectivity index (χ2v) is 15.0. The van der Waals surface area contributed by atoms with Crippen LogP contribution in [-0.4, -0.2) is 20.3 Å². The minimum Gasteiger partial charge on any atom is -0.242 e. The van der Waals surface area contributed by atoms with E-state index in [4.69, 9.17) is 0 Å². The monoisotopic (exact) mass is 535 g/mol. The van der Waals surface area contributed by atoms with Crippen LogP contribution < -0.4 is 15.9 Å². The van der Waals surface area contributed by atoms with Crippen molar-refractivity contribution < 1.29 is 4.21 Å². The molecule has 0 saturated heterocycles. The minimum absolute atomic E-state index is 0.173. The van der Waals surface area contributed by atoms with E-state index < -0.39 is 18.9 Å². The molecule has 0 fully saturated rings. The van der Waals surface area contributed by atoms with Gasteiger partial charge in [-0.2, -0.15) is 0 Å². The highest BCUT2D eigenvalue weighted by Gasteiger charge is 2.33. The van der Waals surface area contributed by atoms with Gasteiger partial charge < -0.3 is 0 Å². The van der Waals surface area contributed by atoms with Crippen molar-refractivity contribution in [3.05, 3.63) is 139 Å². The maximum atomic E-state index is 13.9. The van der Waals surface area contributed by atoms with Crippen molar-refractivity contribution in [3.8, 4) is 0 Å². The normalized spacial score (nSPS) is 13.6. The van der Waals surface area contributed by atoms with Crippen LogP contribution in [0.25, 0.3) is 10.8 Å². The molecule has 4 heteroatoms. The summed E-state index contributed by atoms with van der Waals surface area (Å²) in [6.45, 7) is 6.14. The first kappa shape index (κ1) is 26.5. The summed E-state index contributed by atoms with van der Waals surface area (Å²) < 4.78 is 15.6. The van der Waals surface area contributed by atoms with Gasteiger partial charge in [-0.15, -0.1) is 0 Å². The highest BCUT2D eigenvalue weighted by Crippen LogP contribution is 2.40. The Morgan fingerprint density at radius 1 is 0.658 bits per heavy atom. The lowest BCUT2D eigenvalue weighted by molar-refractivity contribution is 0.441. The molecule has 5 aromatic rings. The third-order valence-corrected chi connectivity index (χ3v) is 11.0. The van der Waals surface area contributed by atoms with Crippen molar-refractivity contribution >= 4 is 45.6 Å². The zero-order valence-corrected chi connectivity index (χ0v) is 24.1. The van der Waals surface area contributed by atoms with Crippen molar-refractivity contribution in [2.75, 3.05) is 7.05 Å². The van der Waals surface area contributed by atoms with Crippen molar-refractivity contribution in [1.82, 2.24) is 4.31 Å². The SMILES string of the molecule is CN(C(c1ccc2ccccc2c1)c1ccccc1P(c1ccccc1)c1ccccc1)S(=O)C(C)(C)C. The van der Waals surface area contributed by atoms with Crippen LogP contribution in [0, 0.1) is 0 Å². The number of hydrogen-bond acceptors (Lipinski definition) is 1. The Kier molecular flexibility index (Phi) is 7.91. The Labute approximate surface area is 230 Å².